The minimum absolute atomic E-state index is 0.327. The molecule has 2 heteroatoms. The van der Waals surface area contributed by atoms with Crippen molar-refractivity contribution in [3.63, 3.8) is 0 Å². The summed E-state index contributed by atoms with van der Waals surface area (Å²) in [4.78, 5) is 0. The Bertz CT molecular complexity index is 356. The molecule has 0 aliphatic heterocycles. The fourth-order valence-electron chi connectivity index (χ4n) is 2.21. The second kappa shape index (κ2) is 9.15. The van der Waals surface area contributed by atoms with E-state index in [1.807, 2.05) is 0 Å². The van der Waals surface area contributed by atoms with Crippen molar-refractivity contribution in [2.45, 2.75) is 59.6 Å². The van der Waals surface area contributed by atoms with Crippen LogP contribution in [0.1, 0.15) is 45.2 Å². The molecule has 0 aliphatic carbocycles. The molecule has 1 atom stereocenters. The van der Waals surface area contributed by atoms with Gasteiger partial charge in [0.15, 0.2) is 0 Å². The van der Waals surface area contributed by atoms with Crippen LogP contribution >= 0.6 is 0 Å². The van der Waals surface area contributed by atoms with E-state index in [4.69, 9.17) is 4.74 Å². The summed E-state index contributed by atoms with van der Waals surface area (Å²) < 4.78 is 5.71. The van der Waals surface area contributed by atoms with E-state index in [0.717, 1.165) is 26.0 Å². The quantitative estimate of drug-likeness (QED) is 0.737. The molecule has 0 aliphatic rings. The molecule has 0 heterocycles. The third kappa shape index (κ3) is 7.66. The zero-order chi connectivity index (χ0) is 15.0. The standard InChI is InChI=1S/C18H31NO/c1-14(2)19-13-18(10-11-20-15(3)4)12-17-8-6-16(5)7-9-17/h6-9,14-15,18-19H,10-13H2,1-5H3. The van der Waals surface area contributed by atoms with Gasteiger partial charge in [-0.2, -0.15) is 0 Å². The summed E-state index contributed by atoms with van der Waals surface area (Å²) in [5, 5.41) is 3.56. The zero-order valence-corrected chi connectivity index (χ0v) is 13.8. The van der Waals surface area contributed by atoms with Crippen LogP contribution in [0.5, 0.6) is 0 Å². The molecule has 0 radical (unpaired) electrons. The first-order valence-corrected chi connectivity index (χ1v) is 7.88. The summed E-state index contributed by atoms with van der Waals surface area (Å²) in [5.41, 5.74) is 2.75. The predicted octanol–water partition coefficient (Wildman–Crippen LogP) is 3.97. The average molecular weight is 277 g/mol. The molecule has 2 nitrogen and oxygen atoms in total. The van der Waals surface area contributed by atoms with Gasteiger partial charge in [-0.1, -0.05) is 43.7 Å². The van der Waals surface area contributed by atoms with Crippen LogP contribution in [0.25, 0.3) is 0 Å². The molecule has 1 N–H and O–H groups in total. The third-order valence-electron chi connectivity index (χ3n) is 3.44. The Morgan fingerprint density at radius 2 is 1.70 bits per heavy atom. The molecule has 1 aromatic rings. The normalized spacial score (nSPS) is 13.2. The number of rotatable bonds is 9. The van der Waals surface area contributed by atoms with E-state index >= 15 is 0 Å². The lowest BCUT2D eigenvalue weighted by Gasteiger charge is -2.20. The summed E-state index contributed by atoms with van der Waals surface area (Å²) in [7, 11) is 0. The summed E-state index contributed by atoms with van der Waals surface area (Å²) in [6.07, 6.45) is 2.57. The summed E-state index contributed by atoms with van der Waals surface area (Å²) >= 11 is 0. The van der Waals surface area contributed by atoms with Gasteiger partial charge in [0.25, 0.3) is 0 Å². The summed E-state index contributed by atoms with van der Waals surface area (Å²) in [5.74, 6) is 0.638. The third-order valence-corrected chi connectivity index (χ3v) is 3.44. The van der Waals surface area contributed by atoms with E-state index in [1.165, 1.54) is 11.1 Å². The fourth-order valence-corrected chi connectivity index (χ4v) is 2.21. The van der Waals surface area contributed by atoms with Gasteiger partial charge in [0, 0.05) is 12.6 Å². The number of hydrogen-bond acceptors (Lipinski definition) is 2. The second-order valence-corrected chi connectivity index (χ2v) is 6.33. The zero-order valence-electron chi connectivity index (χ0n) is 13.8. The van der Waals surface area contributed by atoms with Crippen LogP contribution < -0.4 is 5.32 Å². The lowest BCUT2D eigenvalue weighted by atomic mass is 9.95. The van der Waals surface area contributed by atoms with Crippen molar-refractivity contribution in [1.29, 1.82) is 0 Å². The van der Waals surface area contributed by atoms with E-state index < -0.39 is 0 Å². The van der Waals surface area contributed by atoms with Crippen molar-refractivity contribution in [2.24, 2.45) is 5.92 Å². The van der Waals surface area contributed by atoms with Crippen molar-refractivity contribution >= 4 is 0 Å². The molecule has 114 valence electrons. The molecular weight excluding hydrogens is 246 g/mol. The Balaban J connectivity index is 2.49. The van der Waals surface area contributed by atoms with E-state index in [2.05, 4.69) is 64.2 Å². The topological polar surface area (TPSA) is 21.3 Å². The monoisotopic (exact) mass is 277 g/mol. The van der Waals surface area contributed by atoms with Crippen molar-refractivity contribution < 1.29 is 4.74 Å². The summed E-state index contributed by atoms with van der Waals surface area (Å²) in [6.45, 7) is 12.7. The van der Waals surface area contributed by atoms with Gasteiger partial charge in [0.05, 0.1) is 6.10 Å². The maximum absolute atomic E-state index is 5.71. The molecule has 0 spiro atoms. The van der Waals surface area contributed by atoms with Gasteiger partial charge in [0.2, 0.25) is 0 Å². The smallest absolute Gasteiger partial charge is 0.0518 e. The highest BCUT2D eigenvalue weighted by Crippen LogP contribution is 2.14. The van der Waals surface area contributed by atoms with Crippen LogP contribution in [-0.4, -0.2) is 25.3 Å². The molecule has 0 fully saturated rings. The SMILES string of the molecule is Cc1ccc(CC(CCOC(C)C)CNC(C)C)cc1. The first kappa shape index (κ1) is 17.2. The van der Waals surface area contributed by atoms with E-state index in [1.54, 1.807) is 0 Å². The van der Waals surface area contributed by atoms with Crippen LogP contribution in [0.4, 0.5) is 0 Å². The number of nitrogens with one attached hydrogen (secondary N) is 1. The van der Waals surface area contributed by atoms with Gasteiger partial charge < -0.3 is 10.1 Å². The van der Waals surface area contributed by atoms with Gasteiger partial charge in [-0.25, -0.2) is 0 Å². The van der Waals surface area contributed by atoms with Gasteiger partial charge in [-0.15, -0.1) is 0 Å². The Morgan fingerprint density at radius 1 is 1.05 bits per heavy atom. The van der Waals surface area contributed by atoms with Gasteiger partial charge in [-0.05, 0) is 51.6 Å². The lowest BCUT2D eigenvalue weighted by Crippen LogP contribution is -2.30. The van der Waals surface area contributed by atoms with Gasteiger partial charge in [0.1, 0.15) is 0 Å². The number of aryl methyl sites for hydroxylation is 1. The molecule has 0 saturated carbocycles. The van der Waals surface area contributed by atoms with Crippen LogP contribution in [0.15, 0.2) is 24.3 Å². The lowest BCUT2D eigenvalue weighted by molar-refractivity contribution is 0.0681. The molecule has 0 bridgehead atoms. The Hall–Kier alpha value is -0.860. The first-order valence-electron chi connectivity index (χ1n) is 7.88. The minimum Gasteiger partial charge on any atom is -0.379 e. The number of ether oxygens (including phenoxy) is 1. The van der Waals surface area contributed by atoms with Crippen LogP contribution in [0.3, 0.4) is 0 Å². The highest BCUT2D eigenvalue weighted by Gasteiger charge is 2.11. The molecule has 0 aromatic heterocycles. The predicted molar refractivity (Wildman–Crippen MR) is 87.2 cm³/mol. The molecule has 0 saturated heterocycles. The van der Waals surface area contributed by atoms with Crippen molar-refractivity contribution in [2.75, 3.05) is 13.2 Å². The highest BCUT2D eigenvalue weighted by molar-refractivity contribution is 5.21. The average Bonchev–Trinajstić information content (AvgIpc) is 2.37. The molecule has 1 aromatic carbocycles. The maximum atomic E-state index is 5.71. The molecule has 20 heavy (non-hydrogen) atoms. The van der Waals surface area contributed by atoms with Crippen molar-refractivity contribution in [1.82, 2.24) is 5.32 Å². The first-order chi connectivity index (χ1) is 9.47. The maximum Gasteiger partial charge on any atom is 0.0518 e. The number of benzene rings is 1. The van der Waals surface area contributed by atoms with Crippen LogP contribution in [0.2, 0.25) is 0 Å². The van der Waals surface area contributed by atoms with E-state index in [-0.39, 0.29) is 0 Å². The Labute approximate surface area is 124 Å². The molecular formula is C18H31NO. The van der Waals surface area contributed by atoms with Crippen LogP contribution in [0, 0.1) is 12.8 Å². The Morgan fingerprint density at radius 3 is 2.25 bits per heavy atom. The van der Waals surface area contributed by atoms with E-state index in [0.29, 0.717) is 18.1 Å². The Kier molecular flexibility index (Phi) is 7.86. The molecule has 0 amide bonds. The van der Waals surface area contributed by atoms with Gasteiger partial charge in [-0.3, -0.25) is 0 Å². The fraction of sp³-hybridized carbons (Fsp3) is 0.667. The molecule has 1 rings (SSSR count). The van der Waals surface area contributed by atoms with E-state index in [9.17, 15) is 0 Å². The molecule has 1 unspecified atom stereocenters. The summed E-state index contributed by atoms with van der Waals surface area (Å²) in [6, 6.07) is 9.45. The van der Waals surface area contributed by atoms with Gasteiger partial charge >= 0.3 is 0 Å². The minimum atomic E-state index is 0.327. The second-order valence-electron chi connectivity index (χ2n) is 6.33. The number of hydrogen-bond donors (Lipinski definition) is 1. The van der Waals surface area contributed by atoms with Crippen LogP contribution in [-0.2, 0) is 11.2 Å². The largest absolute Gasteiger partial charge is 0.379 e. The van der Waals surface area contributed by atoms with Crippen molar-refractivity contribution in [3.05, 3.63) is 35.4 Å². The highest BCUT2D eigenvalue weighted by atomic mass is 16.5. The van der Waals surface area contributed by atoms with Crippen molar-refractivity contribution in [3.8, 4) is 0 Å².